The normalized spacial score (nSPS) is 25.2. The first kappa shape index (κ1) is 50.1. The van der Waals surface area contributed by atoms with E-state index >= 15 is 9.18 Å². The first-order valence-electron chi connectivity index (χ1n) is 28.2. The number of hydrogen-bond donors (Lipinski definition) is 3. The van der Waals surface area contributed by atoms with Gasteiger partial charge in [-0.25, -0.2) is 14.4 Å². The van der Waals surface area contributed by atoms with Crippen LogP contribution < -0.4 is 20.9 Å². The molecule has 4 saturated heterocycles. The Morgan fingerprint density at radius 1 is 0.789 bits per heavy atom. The summed E-state index contributed by atoms with van der Waals surface area (Å²) in [6.07, 6.45) is 16.8. The molecule has 16 nitrogen and oxygen atoms in total. The molecule has 1 unspecified atom stereocenters. The number of benzene rings is 2. The van der Waals surface area contributed by atoms with E-state index in [1.54, 1.807) is 18.6 Å². The van der Waals surface area contributed by atoms with Crippen molar-refractivity contribution in [3.63, 3.8) is 0 Å². The lowest BCUT2D eigenvalue weighted by Crippen LogP contribution is -2.58. The van der Waals surface area contributed by atoms with E-state index in [9.17, 15) is 19.2 Å². The van der Waals surface area contributed by atoms with Gasteiger partial charge in [-0.1, -0.05) is 30.7 Å². The van der Waals surface area contributed by atoms with Crippen LogP contribution in [-0.4, -0.2) is 121 Å². The van der Waals surface area contributed by atoms with Gasteiger partial charge in [-0.3, -0.25) is 34.3 Å². The Morgan fingerprint density at radius 2 is 1.50 bits per heavy atom. The van der Waals surface area contributed by atoms with Crippen molar-refractivity contribution in [2.45, 2.75) is 146 Å². The number of aromatic nitrogens is 4. The van der Waals surface area contributed by atoms with E-state index in [2.05, 4.69) is 62.8 Å². The number of hydrogen-bond acceptors (Lipinski definition) is 11. The minimum Gasteiger partial charge on any atom is -0.382 e. The first-order valence-corrected chi connectivity index (χ1v) is 28.2. The lowest BCUT2D eigenvalue weighted by Gasteiger charge is -2.48. The summed E-state index contributed by atoms with van der Waals surface area (Å²) < 4.78 is 17.1. The molecular weight excluding hydrogens is 962 g/mol. The van der Waals surface area contributed by atoms with Gasteiger partial charge in [0.05, 0.1) is 40.8 Å². The number of imide groups is 1. The summed E-state index contributed by atoms with van der Waals surface area (Å²) in [4.78, 5) is 90.0. The van der Waals surface area contributed by atoms with Gasteiger partial charge < -0.3 is 34.8 Å². The molecule has 3 aromatic heterocycles. The van der Waals surface area contributed by atoms with Crippen molar-refractivity contribution in [1.82, 2.24) is 39.5 Å². The smallest absolute Gasteiger partial charge is 0.238 e. The molecule has 8 heterocycles. The molecule has 7 aliphatic rings. The Balaban J connectivity index is 0.699. The van der Waals surface area contributed by atoms with E-state index in [0.29, 0.717) is 82.3 Å². The lowest BCUT2D eigenvalue weighted by atomic mass is 9.73. The van der Waals surface area contributed by atoms with Gasteiger partial charge in [0, 0.05) is 91.7 Å². The monoisotopic (exact) mass is 1030 g/mol. The van der Waals surface area contributed by atoms with Crippen LogP contribution in [0.2, 0.25) is 0 Å². The molecule has 5 amide bonds. The second kappa shape index (κ2) is 20.7. The van der Waals surface area contributed by atoms with Gasteiger partial charge in [0.2, 0.25) is 29.5 Å². The lowest BCUT2D eigenvalue weighted by molar-refractivity contribution is -0.144. The van der Waals surface area contributed by atoms with Crippen molar-refractivity contribution in [1.29, 1.82) is 0 Å². The Kier molecular flexibility index (Phi) is 13.6. The van der Waals surface area contributed by atoms with Crippen LogP contribution >= 0.6 is 0 Å². The second-order valence-electron chi connectivity index (χ2n) is 23.1. The molecule has 1 spiro atoms. The van der Waals surface area contributed by atoms with Crippen molar-refractivity contribution < 1.29 is 28.4 Å². The molecular formula is C59H70FN11O5. The van der Waals surface area contributed by atoms with Gasteiger partial charge in [0.1, 0.15) is 5.52 Å². The number of amides is 5. The first-order chi connectivity index (χ1) is 36.9. The van der Waals surface area contributed by atoms with Crippen LogP contribution in [0.3, 0.4) is 0 Å². The van der Waals surface area contributed by atoms with Crippen LogP contribution in [0.4, 0.5) is 27.3 Å². The quantitative estimate of drug-likeness (QED) is 0.108. The summed E-state index contributed by atoms with van der Waals surface area (Å²) >= 11 is 0. The summed E-state index contributed by atoms with van der Waals surface area (Å²) in [6.45, 7) is 8.53. The van der Waals surface area contributed by atoms with Gasteiger partial charge in [-0.05, 0) is 152 Å². The summed E-state index contributed by atoms with van der Waals surface area (Å²) in [5, 5.41) is 9.32. The average Bonchev–Trinajstić information content (AvgIpc) is 4.00. The molecule has 6 fully saturated rings. The van der Waals surface area contributed by atoms with E-state index in [4.69, 9.17) is 9.97 Å². The third-order valence-electron chi connectivity index (χ3n) is 18.3. The zero-order chi connectivity index (χ0) is 52.2. The highest BCUT2D eigenvalue weighted by atomic mass is 19.1. The van der Waals surface area contributed by atoms with Crippen LogP contribution in [0.1, 0.15) is 133 Å². The predicted molar refractivity (Wildman–Crippen MR) is 288 cm³/mol. The number of nitrogens with one attached hydrogen (secondary N) is 3. The fourth-order valence-corrected chi connectivity index (χ4v) is 13.8. The largest absolute Gasteiger partial charge is 0.382 e. The van der Waals surface area contributed by atoms with Crippen LogP contribution in [0, 0.1) is 17.7 Å². The Bertz CT molecular complexity index is 3030. The fraction of sp³-hybridized carbons (Fsp3) is 0.525. The maximum absolute atomic E-state index is 15.3. The molecule has 12 rings (SSSR count). The van der Waals surface area contributed by atoms with E-state index in [1.165, 1.54) is 25.5 Å². The van der Waals surface area contributed by atoms with E-state index in [1.807, 2.05) is 44.7 Å². The zero-order valence-corrected chi connectivity index (χ0v) is 43.8. The standard InChI is InChI=1S/C59H70FN11O5/c1-36(2)70-35-62-50-33-49(65-54(53(50)70)64-48-18-23-61-34-47(48)60)40-10-16-46-51(30-40)71(44-31-43(32-44)67-24-4-3-5-25-67)58(76)59(46)21-28-69(29-22-59)57(75)39-19-26-68(27-20-39)56(74)38-8-13-42(14-9-38)63-41-11-6-37(7-12-41)45-15-17-52(72)66-55(45)73/h6-7,10-12,16,18,23,30,33-36,38-39,42-45,63H,3-5,8-9,13-15,17,19-22,24-29,31-32H2,1-2H3,(H,61,64,65)(H,66,72,73). The number of anilines is 4. The molecule has 3 N–H and O–H groups in total. The molecule has 2 aromatic carbocycles. The number of likely N-dealkylation sites (tertiary alicyclic amines) is 3. The highest BCUT2D eigenvalue weighted by Crippen LogP contribution is 2.52. The van der Waals surface area contributed by atoms with Crippen molar-refractivity contribution in [3.8, 4) is 11.3 Å². The van der Waals surface area contributed by atoms with E-state index in [0.717, 1.165) is 90.7 Å². The molecule has 0 bridgehead atoms. The van der Waals surface area contributed by atoms with E-state index < -0.39 is 11.2 Å². The molecule has 0 radical (unpaired) electrons. The van der Waals surface area contributed by atoms with Crippen molar-refractivity contribution in [2.75, 3.05) is 54.8 Å². The zero-order valence-electron chi connectivity index (χ0n) is 43.8. The Hall–Kier alpha value is -6.75. The Morgan fingerprint density at radius 3 is 2.20 bits per heavy atom. The van der Waals surface area contributed by atoms with Crippen LogP contribution in [0.25, 0.3) is 22.3 Å². The van der Waals surface area contributed by atoms with Gasteiger partial charge in [-0.2, -0.15) is 0 Å². The highest BCUT2D eigenvalue weighted by molar-refractivity contribution is 6.09. The van der Waals surface area contributed by atoms with Gasteiger partial charge >= 0.3 is 0 Å². The number of carbonyl (C=O) groups excluding carboxylic acids is 5. The number of piperidine rings is 4. The maximum atomic E-state index is 15.3. The molecule has 2 saturated carbocycles. The molecule has 5 aromatic rings. The molecule has 398 valence electrons. The van der Waals surface area contributed by atoms with Gasteiger partial charge in [-0.15, -0.1) is 0 Å². The minimum atomic E-state index is -0.744. The summed E-state index contributed by atoms with van der Waals surface area (Å²) in [6, 6.07) is 18.7. The van der Waals surface area contributed by atoms with Crippen molar-refractivity contribution in [3.05, 3.63) is 90.3 Å². The molecule has 5 aliphatic heterocycles. The second-order valence-corrected chi connectivity index (χ2v) is 23.1. The number of imidazole rings is 1. The highest BCUT2D eigenvalue weighted by Gasteiger charge is 2.56. The summed E-state index contributed by atoms with van der Waals surface area (Å²) in [5.41, 5.74) is 6.35. The number of rotatable bonds is 11. The van der Waals surface area contributed by atoms with Gasteiger partial charge in [0.25, 0.3) is 0 Å². The van der Waals surface area contributed by atoms with Crippen LogP contribution in [0.15, 0.2) is 73.3 Å². The Labute approximate surface area is 443 Å². The van der Waals surface area contributed by atoms with Crippen molar-refractivity contribution in [2.24, 2.45) is 11.8 Å². The predicted octanol–water partition coefficient (Wildman–Crippen LogP) is 8.61. The number of halogens is 1. The molecule has 2 aliphatic carbocycles. The number of fused-ring (bicyclic) bond motifs is 3. The number of pyridine rings is 2. The van der Waals surface area contributed by atoms with Crippen LogP contribution in [-0.2, 0) is 29.4 Å². The van der Waals surface area contributed by atoms with E-state index in [-0.39, 0.29) is 71.1 Å². The SMILES string of the molecule is CC(C)n1cnc2cc(-c3ccc4c(c3)N(C3CC(N5CCCCC5)C3)C(=O)C43CCN(C(=O)C4CCN(C(=O)C5CCC(Nc6ccc(C7CCC(=O)NC7=O)cc6)CC5)CC4)CC3)nc(Nc3ccncc3F)c21. The summed E-state index contributed by atoms with van der Waals surface area (Å²) in [5.74, 6) is -0.463. The summed E-state index contributed by atoms with van der Waals surface area (Å²) in [7, 11) is 0. The minimum absolute atomic E-state index is 0.0240. The number of nitrogens with zero attached hydrogens (tertiary/aromatic N) is 8. The number of carbonyl (C=O) groups is 5. The fourth-order valence-electron chi connectivity index (χ4n) is 13.8. The van der Waals surface area contributed by atoms with Gasteiger partial charge in [0.15, 0.2) is 11.6 Å². The third kappa shape index (κ3) is 9.39. The maximum Gasteiger partial charge on any atom is 0.238 e. The molecule has 76 heavy (non-hydrogen) atoms. The van der Waals surface area contributed by atoms with Crippen molar-refractivity contribution >= 4 is 63.4 Å². The average molecular weight is 1030 g/mol. The van der Waals surface area contributed by atoms with Crippen LogP contribution in [0.5, 0.6) is 0 Å². The topological polar surface area (TPSA) is 178 Å². The molecule has 1 atom stereocenters. The third-order valence-corrected chi connectivity index (χ3v) is 18.3. The molecule has 17 heteroatoms.